The molecule has 0 fully saturated rings. The fraction of sp³-hybridized carbons (Fsp3) is 0.467. The summed E-state index contributed by atoms with van der Waals surface area (Å²) in [5.74, 6) is -2.34. The van der Waals surface area contributed by atoms with E-state index < -0.39 is 11.6 Å². The average molecular weight is 330 g/mol. The molecule has 0 saturated carbocycles. The summed E-state index contributed by atoms with van der Waals surface area (Å²) >= 11 is 1.09. The van der Waals surface area contributed by atoms with Gasteiger partial charge in [-0.1, -0.05) is 0 Å². The molecule has 0 unspecified atom stereocenters. The van der Waals surface area contributed by atoms with Gasteiger partial charge in [0.2, 0.25) is 11.8 Å². The third kappa shape index (κ3) is 6.43. The number of halogens is 2. The van der Waals surface area contributed by atoms with Crippen molar-refractivity contribution >= 4 is 23.6 Å². The number of amides is 2. The molecule has 22 heavy (non-hydrogen) atoms. The number of nitrogens with one attached hydrogen (secondary N) is 1. The van der Waals surface area contributed by atoms with E-state index in [2.05, 4.69) is 5.32 Å². The van der Waals surface area contributed by atoms with Crippen molar-refractivity contribution in [3.8, 4) is 0 Å². The summed E-state index contributed by atoms with van der Waals surface area (Å²) in [6, 6.07) is 3.46. The highest BCUT2D eigenvalue weighted by Crippen LogP contribution is 2.20. The highest BCUT2D eigenvalue weighted by molar-refractivity contribution is 8.00. The van der Waals surface area contributed by atoms with E-state index in [1.807, 2.05) is 20.8 Å². The number of nitrogens with zero attached hydrogens (tertiary/aromatic N) is 1. The third-order valence-corrected chi connectivity index (χ3v) is 3.55. The van der Waals surface area contributed by atoms with Crippen LogP contribution in [-0.4, -0.2) is 41.6 Å². The molecule has 0 saturated heterocycles. The van der Waals surface area contributed by atoms with Gasteiger partial charge in [-0.2, -0.15) is 0 Å². The Balaban J connectivity index is 2.47. The van der Waals surface area contributed by atoms with Gasteiger partial charge in [-0.15, -0.1) is 11.8 Å². The molecule has 0 aliphatic carbocycles. The van der Waals surface area contributed by atoms with E-state index >= 15 is 0 Å². The third-order valence-electron chi connectivity index (χ3n) is 2.57. The van der Waals surface area contributed by atoms with Crippen LogP contribution < -0.4 is 5.32 Å². The molecule has 2 amide bonds. The minimum Gasteiger partial charge on any atom is -0.350 e. The molecular weight excluding hydrogens is 310 g/mol. The van der Waals surface area contributed by atoms with E-state index in [9.17, 15) is 18.4 Å². The summed E-state index contributed by atoms with van der Waals surface area (Å²) in [5, 5.41) is 2.76. The molecule has 0 aliphatic rings. The van der Waals surface area contributed by atoms with Gasteiger partial charge in [-0.25, -0.2) is 8.78 Å². The smallest absolute Gasteiger partial charge is 0.240 e. The Morgan fingerprint density at radius 3 is 2.41 bits per heavy atom. The normalized spacial score (nSPS) is 11.2. The van der Waals surface area contributed by atoms with Gasteiger partial charge in [0.25, 0.3) is 0 Å². The van der Waals surface area contributed by atoms with Crippen LogP contribution in [0.3, 0.4) is 0 Å². The van der Waals surface area contributed by atoms with E-state index in [4.69, 9.17) is 0 Å². The lowest BCUT2D eigenvalue weighted by molar-refractivity contribution is -0.133. The topological polar surface area (TPSA) is 49.4 Å². The molecule has 0 heterocycles. The molecule has 1 N–H and O–H groups in total. The molecule has 1 aromatic rings. The first-order valence-electron chi connectivity index (χ1n) is 6.71. The van der Waals surface area contributed by atoms with Crippen molar-refractivity contribution in [1.82, 2.24) is 10.2 Å². The summed E-state index contributed by atoms with van der Waals surface area (Å²) in [6.45, 7) is 5.51. The predicted octanol–water partition coefficient (Wildman–Crippen LogP) is 2.43. The van der Waals surface area contributed by atoms with Gasteiger partial charge >= 0.3 is 0 Å². The number of hydrogen-bond acceptors (Lipinski definition) is 3. The molecular formula is C15H20F2N2O2S. The highest BCUT2D eigenvalue weighted by atomic mass is 32.2. The molecule has 0 radical (unpaired) electrons. The molecule has 0 bridgehead atoms. The second kappa shape index (κ2) is 7.58. The molecule has 0 spiro atoms. The van der Waals surface area contributed by atoms with Crippen molar-refractivity contribution in [1.29, 1.82) is 0 Å². The lowest BCUT2D eigenvalue weighted by atomic mass is 10.1. The molecule has 0 atom stereocenters. The van der Waals surface area contributed by atoms with Gasteiger partial charge in [-0.3, -0.25) is 9.59 Å². The van der Waals surface area contributed by atoms with Gasteiger partial charge in [0, 0.05) is 17.5 Å². The fourth-order valence-corrected chi connectivity index (χ4v) is 2.44. The molecule has 1 aromatic carbocycles. The van der Waals surface area contributed by atoms with Crippen LogP contribution in [0.5, 0.6) is 0 Å². The maximum absolute atomic E-state index is 13.1. The Kier molecular flexibility index (Phi) is 6.34. The van der Waals surface area contributed by atoms with Gasteiger partial charge in [0.15, 0.2) is 11.6 Å². The van der Waals surface area contributed by atoms with Crippen LogP contribution in [0.4, 0.5) is 8.78 Å². The van der Waals surface area contributed by atoms with E-state index in [0.29, 0.717) is 4.90 Å². The van der Waals surface area contributed by atoms with Gasteiger partial charge in [0.1, 0.15) is 0 Å². The average Bonchev–Trinajstić information content (AvgIpc) is 2.37. The van der Waals surface area contributed by atoms with Crippen LogP contribution in [0.15, 0.2) is 23.1 Å². The largest absolute Gasteiger partial charge is 0.350 e. The highest BCUT2D eigenvalue weighted by Gasteiger charge is 2.18. The fourth-order valence-electron chi connectivity index (χ4n) is 1.58. The molecule has 7 heteroatoms. The molecule has 4 nitrogen and oxygen atoms in total. The van der Waals surface area contributed by atoms with Crippen LogP contribution in [0.1, 0.15) is 20.8 Å². The van der Waals surface area contributed by atoms with Crippen molar-refractivity contribution in [3.05, 3.63) is 29.8 Å². The number of benzene rings is 1. The first-order chi connectivity index (χ1) is 10.1. The quantitative estimate of drug-likeness (QED) is 0.844. The van der Waals surface area contributed by atoms with Crippen molar-refractivity contribution in [2.45, 2.75) is 31.2 Å². The number of hydrogen-bond donors (Lipinski definition) is 1. The van der Waals surface area contributed by atoms with E-state index in [-0.39, 0.29) is 29.7 Å². The van der Waals surface area contributed by atoms with E-state index in [1.54, 1.807) is 0 Å². The minimum absolute atomic E-state index is 0.0460. The Labute approximate surface area is 133 Å². The summed E-state index contributed by atoms with van der Waals surface area (Å²) in [7, 11) is 1.52. The zero-order chi connectivity index (χ0) is 16.9. The lowest BCUT2D eigenvalue weighted by Crippen LogP contribution is -2.46. The summed E-state index contributed by atoms with van der Waals surface area (Å²) in [6.07, 6.45) is 0. The number of rotatable bonds is 5. The molecule has 122 valence electrons. The standard InChI is InChI=1S/C15H20F2N2O2S/c1-15(2,3)18-13(20)8-19(4)14(21)9-22-10-5-6-11(16)12(17)7-10/h5-7H,8-9H2,1-4H3,(H,18,20). The van der Waals surface area contributed by atoms with Crippen molar-refractivity contribution < 1.29 is 18.4 Å². The maximum atomic E-state index is 13.1. The number of likely N-dealkylation sites (N-methyl/N-ethyl adjacent to an activating group) is 1. The molecule has 1 rings (SSSR count). The van der Waals surface area contributed by atoms with E-state index in [0.717, 1.165) is 23.9 Å². The summed E-state index contributed by atoms with van der Waals surface area (Å²) in [5.41, 5.74) is -0.360. The minimum atomic E-state index is -0.949. The van der Waals surface area contributed by atoms with Crippen molar-refractivity contribution in [3.63, 3.8) is 0 Å². The summed E-state index contributed by atoms with van der Waals surface area (Å²) in [4.78, 5) is 25.4. The van der Waals surface area contributed by atoms with E-state index in [1.165, 1.54) is 18.0 Å². The zero-order valence-electron chi connectivity index (χ0n) is 13.1. The van der Waals surface area contributed by atoms with Crippen molar-refractivity contribution in [2.75, 3.05) is 19.3 Å². The van der Waals surface area contributed by atoms with Crippen LogP contribution >= 0.6 is 11.8 Å². The SMILES string of the molecule is CN(CC(=O)NC(C)(C)C)C(=O)CSc1ccc(F)c(F)c1. The van der Waals surface area contributed by atoms with Gasteiger partial charge < -0.3 is 10.2 Å². The second-order valence-electron chi connectivity index (χ2n) is 5.91. The Morgan fingerprint density at radius 2 is 1.86 bits per heavy atom. The number of carbonyl (C=O) groups excluding carboxylic acids is 2. The second-order valence-corrected chi connectivity index (χ2v) is 6.96. The van der Waals surface area contributed by atoms with Gasteiger partial charge in [-0.05, 0) is 39.0 Å². The molecule has 0 aromatic heterocycles. The van der Waals surface area contributed by atoms with Crippen LogP contribution in [0.2, 0.25) is 0 Å². The first kappa shape index (κ1) is 18.4. The Hall–Kier alpha value is -1.63. The van der Waals surface area contributed by atoms with Crippen molar-refractivity contribution in [2.24, 2.45) is 0 Å². The van der Waals surface area contributed by atoms with Gasteiger partial charge in [0.05, 0.1) is 12.3 Å². The number of thioether (sulfide) groups is 1. The summed E-state index contributed by atoms with van der Waals surface area (Å²) < 4.78 is 25.9. The zero-order valence-corrected chi connectivity index (χ0v) is 13.9. The Bertz CT molecular complexity index is 559. The lowest BCUT2D eigenvalue weighted by Gasteiger charge is -2.23. The predicted molar refractivity (Wildman–Crippen MR) is 82.6 cm³/mol. The monoisotopic (exact) mass is 330 g/mol. The Morgan fingerprint density at radius 1 is 1.23 bits per heavy atom. The van der Waals surface area contributed by atoms with Crippen LogP contribution in [-0.2, 0) is 9.59 Å². The van der Waals surface area contributed by atoms with Crippen LogP contribution in [0.25, 0.3) is 0 Å². The molecule has 0 aliphatic heterocycles. The first-order valence-corrected chi connectivity index (χ1v) is 7.70. The maximum Gasteiger partial charge on any atom is 0.240 e. The number of carbonyl (C=O) groups is 2. The van der Waals surface area contributed by atoms with Crippen LogP contribution in [0, 0.1) is 11.6 Å².